The Bertz CT molecular complexity index is 217. The zero-order valence-electron chi connectivity index (χ0n) is 11.2. The summed E-state index contributed by atoms with van der Waals surface area (Å²) in [4.78, 5) is 2.77. The molecule has 0 radical (unpaired) electrons. The summed E-state index contributed by atoms with van der Waals surface area (Å²) in [6.45, 7) is 7.45. The fourth-order valence-corrected chi connectivity index (χ4v) is 3.67. The summed E-state index contributed by atoms with van der Waals surface area (Å²) >= 11 is 0. The standard InChI is InChI=1S/C14H28N2/c1-11-5-4-6-13(9-11)16-8-7-14(15-3)12(2)10-16/h11-15H,4-10H2,1-3H3. The third kappa shape index (κ3) is 2.78. The molecule has 1 saturated heterocycles. The topological polar surface area (TPSA) is 15.3 Å². The molecular weight excluding hydrogens is 196 g/mol. The molecule has 2 nitrogen and oxygen atoms in total. The molecule has 0 spiro atoms. The summed E-state index contributed by atoms with van der Waals surface area (Å²) in [6, 6.07) is 1.64. The van der Waals surface area contributed by atoms with Gasteiger partial charge in [-0.05, 0) is 44.7 Å². The van der Waals surface area contributed by atoms with Crippen LogP contribution < -0.4 is 5.32 Å². The first kappa shape index (κ1) is 12.4. The summed E-state index contributed by atoms with van der Waals surface area (Å²) < 4.78 is 0. The first-order valence-electron chi connectivity index (χ1n) is 7.12. The minimum absolute atomic E-state index is 0.747. The van der Waals surface area contributed by atoms with Crippen LogP contribution in [0.3, 0.4) is 0 Å². The fraction of sp³-hybridized carbons (Fsp3) is 1.00. The fourth-order valence-electron chi connectivity index (χ4n) is 3.67. The van der Waals surface area contributed by atoms with Crippen molar-refractivity contribution in [1.29, 1.82) is 0 Å². The Balaban J connectivity index is 1.86. The van der Waals surface area contributed by atoms with Crippen LogP contribution in [-0.2, 0) is 0 Å². The SMILES string of the molecule is CNC1CCN(C2CCCC(C)C2)CC1C. The molecule has 0 bridgehead atoms. The second-order valence-electron chi connectivity index (χ2n) is 6.08. The molecule has 4 unspecified atom stereocenters. The lowest BCUT2D eigenvalue weighted by Crippen LogP contribution is -2.51. The molecule has 1 aliphatic heterocycles. The summed E-state index contributed by atoms with van der Waals surface area (Å²) in [7, 11) is 2.11. The Labute approximate surface area is 101 Å². The number of piperidine rings is 1. The van der Waals surface area contributed by atoms with E-state index >= 15 is 0 Å². The number of rotatable bonds is 2. The van der Waals surface area contributed by atoms with Crippen LogP contribution in [0.1, 0.15) is 46.0 Å². The van der Waals surface area contributed by atoms with Gasteiger partial charge in [-0.25, -0.2) is 0 Å². The Morgan fingerprint density at radius 1 is 1.12 bits per heavy atom. The number of hydrogen-bond donors (Lipinski definition) is 1. The zero-order valence-corrected chi connectivity index (χ0v) is 11.2. The molecule has 4 atom stereocenters. The molecular formula is C14H28N2. The summed E-state index contributed by atoms with van der Waals surface area (Å²) in [5.41, 5.74) is 0. The molecule has 1 heterocycles. The lowest BCUT2D eigenvalue weighted by atomic mass is 9.84. The van der Waals surface area contributed by atoms with Crippen LogP contribution in [0.15, 0.2) is 0 Å². The van der Waals surface area contributed by atoms with Gasteiger partial charge in [0.1, 0.15) is 0 Å². The third-order valence-electron chi connectivity index (χ3n) is 4.73. The van der Waals surface area contributed by atoms with Crippen LogP contribution in [0.5, 0.6) is 0 Å². The third-order valence-corrected chi connectivity index (χ3v) is 4.73. The van der Waals surface area contributed by atoms with E-state index < -0.39 is 0 Å². The van der Waals surface area contributed by atoms with Crippen LogP contribution in [-0.4, -0.2) is 37.1 Å². The maximum absolute atomic E-state index is 3.46. The van der Waals surface area contributed by atoms with Crippen molar-refractivity contribution < 1.29 is 0 Å². The highest BCUT2D eigenvalue weighted by atomic mass is 15.2. The second kappa shape index (κ2) is 5.50. The van der Waals surface area contributed by atoms with Crippen LogP contribution in [0.4, 0.5) is 0 Å². The first-order chi connectivity index (χ1) is 7.70. The van der Waals surface area contributed by atoms with Gasteiger partial charge in [-0.1, -0.05) is 26.7 Å². The van der Waals surface area contributed by atoms with Crippen molar-refractivity contribution in [2.75, 3.05) is 20.1 Å². The van der Waals surface area contributed by atoms with Crippen molar-refractivity contribution >= 4 is 0 Å². The number of likely N-dealkylation sites (tertiary alicyclic amines) is 1. The van der Waals surface area contributed by atoms with Crippen LogP contribution in [0.25, 0.3) is 0 Å². The van der Waals surface area contributed by atoms with Gasteiger partial charge >= 0.3 is 0 Å². The van der Waals surface area contributed by atoms with E-state index in [-0.39, 0.29) is 0 Å². The van der Waals surface area contributed by atoms with Crippen molar-refractivity contribution in [2.24, 2.45) is 11.8 Å². The molecule has 2 fully saturated rings. The minimum atomic E-state index is 0.747. The molecule has 1 saturated carbocycles. The number of nitrogens with zero attached hydrogens (tertiary/aromatic N) is 1. The van der Waals surface area contributed by atoms with Crippen LogP contribution in [0, 0.1) is 11.8 Å². The van der Waals surface area contributed by atoms with Gasteiger partial charge in [0.2, 0.25) is 0 Å². The normalized spacial score (nSPS) is 42.2. The second-order valence-corrected chi connectivity index (χ2v) is 6.08. The van der Waals surface area contributed by atoms with Gasteiger partial charge in [-0.15, -0.1) is 0 Å². The van der Waals surface area contributed by atoms with E-state index in [0.717, 1.165) is 23.9 Å². The molecule has 2 aliphatic rings. The quantitative estimate of drug-likeness (QED) is 0.775. The summed E-state index contributed by atoms with van der Waals surface area (Å²) in [5.74, 6) is 1.77. The highest BCUT2D eigenvalue weighted by Crippen LogP contribution is 2.30. The minimum Gasteiger partial charge on any atom is -0.317 e. The predicted molar refractivity (Wildman–Crippen MR) is 69.6 cm³/mol. The van der Waals surface area contributed by atoms with E-state index in [9.17, 15) is 0 Å². The molecule has 1 N–H and O–H groups in total. The zero-order chi connectivity index (χ0) is 11.5. The van der Waals surface area contributed by atoms with Crippen molar-refractivity contribution in [1.82, 2.24) is 10.2 Å². The maximum Gasteiger partial charge on any atom is 0.0114 e. The molecule has 0 aromatic carbocycles. The van der Waals surface area contributed by atoms with Gasteiger partial charge < -0.3 is 5.32 Å². The van der Waals surface area contributed by atoms with Crippen LogP contribution in [0.2, 0.25) is 0 Å². The van der Waals surface area contributed by atoms with Gasteiger partial charge in [-0.2, -0.15) is 0 Å². The predicted octanol–water partition coefficient (Wildman–Crippen LogP) is 2.49. The van der Waals surface area contributed by atoms with Crippen molar-refractivity contribution in [3.05, 3.63) is 0 Å². The average molecular weight is 224 g/mol. The average Bonchev–Trinajstić information content (AvgIpc) is 2.29. The monoisotopic (exact) mass is 224 g/mol. The Morgan fingerprint density at radius 3 is 2.56 bits per heavy atom. The summed E-state index contributed by atoms with van der Waals surface area (Å²) in [6.07, 6.45) is 7.13. The largest absolute Gasteiger partial charge is 0.317 e. The smallest absolute Gasteiger partial charge is 0.0114 e. The molecule has 0 aromatic heterocycles. The Kier molecular flexibility index (Phi) is 4.26. The van der Waals surface area contributed by atoms with Gasteiger partial charge in [0, 0.05) is 18.6 Å². The lowest BCUT2D eigenvalue weighted by molar-refractivity contribution is 0.0742. The van der Waals surface area contributed by atoms with Crippen LogP contribution >= 0.6 is 0 Å². The number of hydrogen-bond acceptors (Lipinski definition) is 2. The molecule has 0 aromatic rings. The molecule has 0 amide bonds. The van der Waals surface area contributed by atoms with E-state index in [1.54, 1.807) is 0 Å². The van der Waals surface area contributed by atoms with Crippen molar-refractivity contribution in [2.45, 2.75) is 58.0 Å². The number of nitrogens with one attached hydrogen (secondary N) is 1. The van der Waals surface area contributed by atoms with E-state index in [2.05, 4.69) is 31.1 Å². The van der Waals surface area contributed by atoms with Gasteiger partial charge in [0.15, 0.2) is 0 Å². The lowest BCUT2D eigenvalue weighted by Gasteiger charge is -2.43. The molecule has 2 rings (SSSR count). The molecule has 1 aliphatic carbocycles. The highest BCUT2D eigenvalue weighted by Gasteiger charge is 2.31. The van der Waals surface area contributed by atoms with Crippen molar-refractivity contribution in [3.63, 3.8) is 0 Å². The van der Waals surface area contributed by atoms with E-state index in [1.165, 1.54) is 45.2 Å². The van der Waals surface area contributed by atoms with E-state index in [4.69, 9.17) is 0 Å². The van der Waals surface area contributed by atoms with Gasteiger partial charge in [0.05, 0.1) is 0 Å². The van der Waals surface area contributed by atoms with Gasteiger partial charge in [0.25, 0.3) is 0 Å². The highest BCUT2D eigenvalue weighted by molar-refractivity contribution is 4.87. The Hall–Kier alpha value is -0.0800. The van der Waals surface area contributed by atoms with E-state index in [1.807, 2.05) is 0 Å². The summed E-state index contributed by atoms with van der Waals surface area (Å²) in [5, 5.41) is 3.46. The van der Waals surface area contributed by atoms with Gasteiger partial charge in [-0.3, -0.25) is 4.90 Å². The van der Waals surface area contributed by atoms with Crippen molar-refractivity contribution in [3.8, 4) is 0 Å². The Morgan fingerprint density at radius 2 is 1.94 bits per heavy atom. The molecule has 2 heteroatoms. The first-order valence-corrected chi connectivity index (χ1v) is 7.12. The maximum atomic E-state index is 3.46. The molecule has 16 heavy (non-hydrogen) atoms. The van der Waals surface area contributed by atoms with E-state index in [0.29, 0.717) is 0 Å². The molecule has 94 valence electrons.